The first-order valence-electron chi connectivity index (χ1n) is 7.39. The molecule has 1 aromatic heterocycles. The number of carbonyl (C=O) groups is 1. The van der Waals surface area contributed by atoms with Crippen molar-refractivity contribution in [3.8, 4) is 11.4 Å². The zero-order valence-corrected chi connectivity index (χ0v) is 13.1. The van der Waals surface area contributed by atoms with Crippen LogP contribution in [-0.2, 0) is 0 Å². The van der Waals surface area contributed by atoms with Crippen LogP contribution in [0.25, 0.3) is 11.4 Å². The molecule has 3 aromatic rings. The van der Waals surface area contributed by atoms with Crippen LogP contribution in [0.5, 0.6) is 0 Å². The minimum absolute atomic E-state index is 0.170. The first-order valence-corrected chi connectivity index (χ1v) is 7.39. The predicted octanol–water partition coefficient (Wildman–Crippen LogP) is 4.01. The van der Waals surface area contributed by atoms with Crippen LogP contribution in [0.4, 0.5) is 5.69 Å². The fraction of sp³-hybridized carbons (Fsp3) is 0.105. The topological polar surface area (TPSA) is 54.9 Å². The Bertz CT molecular complexity index is 807. The highest BCUT2D eigenvalue weighted by Gasteiger charge is 2.07. The standard InChI is InChI=1S/C19H17N3O/c1-13-3-7-15(8-4-13)18-20-11-17(12-21-18)22-19(23)16-9-5-14(2)6-10-16/h3-12H,1-2H3,(H,22,23). The summed E-state index contributed by atoms with van der Waals surface area (Å²) in [6, 6.07) is 15.4. The van der Waals surface area contributed by atoms with Gasteiger partial charge in [-0.05, 0) is 26.0 Å². The van der Waals surface area contributed by atoms with Crippen LogP contribution in [0.3, 0.4) is 0 Å². The molecule has 0 fully saturated rings. The van der Waals surface area contributed by atoms with E-state index in [2.05, 4.69) is 15.3 Å². The number of rotatable bonds is 3. The Balaban J connectivity index is 1.73. The molecule has 0 atom stereocenters. The maximum atomic E-state index is 12.2. The van der Waals surface area contributed by atoms with Crippen molar-refractivity contribution < 1.29 is 4.79 Å². The molecule has 4 nitrogen and oxygen atoms in total. The minimum Gasteiger partial charge on any atom is -0.319 e. The summed E-state index contributed by atoms with van der Waals surface area (Å²) >= 11 is 0. The Labute approximate surface area is 135 Å². The smallest absolute Gasteiger partial charge is 0.255 e. The summed E-state index contributed by atoms with van der Waals surface area (Å²) in [6.45, 7) is 4.02. The van der Waals surface area contributed by atoms with Crippen LogP contribution in [0.15, 0.2) is 60.9 Å². The van der Waals surface area contributed by atoms with Gasteiger partial charge >= 0.3 is 0 Å². The molecule has 2 aromatic carbocycles. The molecule has 0 unspecified atom stereocenters. The third kappa shape index (κ3) is 3.61. The average molecular weight is 303 g/mol. The van der Waals surface area contributed by atoms with E-state index < -0.39 is 0 Å². The molecule has 0 aliphatic heterocycles. The maximum absolute atomic E-state index is 12.2. The Hall–Kier alpha value is -3.01. The van der Waals surface area contributed by atoms with E-state index >= 15 is 0 Å². The fourth-order valence-corrected chi connectivity index (χ4v) is 2.15. The van der Waals surface area contributed by atoms with Gasteiger partial charge < -0.3 is 5.32 Å². The second-order valence-corrected chi connectivity index (χ2v) is 5.48. The molecule has 4 heteroatoms. The molecular formula is C19H17N3O. The molecular weight excluding hydrogens is 286 g/mol. The van der Waals surface area contributed by atoms with E-state index in [4.69, 9.17) is 0 Å². The quantitative estimate of drug-likeness (QED) is 0.795. The zero-order chi connectivity index (χ0) is 16.2. The van der Waals surface area contributed by atoms with E-state index in [1.165, 1.54) is 5.56 Å². The highest BCUT2D eigenvalue weighted by Crippen LogP contribution is 2.16. The Morgan fingerprint density at radius 1 is 0.826 bits per heavy atom. The first kappa shape index (κ1) is 14.9. The number of amides is 1. The number of hydrogen-bond donors (Lipinski definition) is 1. The molecule has 0 aliphatic rings. The van der Waals surface area contributed by atoms with Crippen LogP contribution in [0, 0.1) is 13.8 Å². The second kappa shape index (κ2) is 6.40. The lowest BCUT2D eigenvalue weighted by molar-refractivity contribution is 0.102. The van der Waals surface area contributed by atoms with Crippen molar-refractivity contribution in [2.45, 2.75) is 13.8 Å². The number of nitrogens with zero attached hydrogens (tertiary/aromatic N) is 2. The monoisotopic (exact) mass is 303 g/mol. The summed E-state index contributed by atoms with van der Waals surface area (Å²) < 4.78 is 0. The normalized spacial score (nSPS) is 10.3. The summed E-state index contributed by atoms with van der Waals surface area (Å²) in [5.74, 6) is 0.468. The Morgan fingerprint density at radius 2 is 1.35 bits per heavy atom. The lowest BCUT2D eigenvalue weighted by atomic mass is 10.1. The molecule has 114 valence electrons. The summed E-state index contributed by atoms with van der Waals surface area (Å²) in [5, 5.41) is 2.80. The van der Waals surface area contributed by atoms with Crippen molar-refractivity contribution in [3.05, 3.63) is 77.6 Å². The third-order valence-corrected chi connectivity index (χ3v) is 3.53. The molecule has 0 radical (unpaired) electrons. The maximum Gasteiger partial charge on any atom is 0.255 e. The van der Waals surface area contributed by atoms with E-state index in [1.54, 1.807) is 24.5 Å². The fourth-order valence-electron chi connectivity index (χ4n) is 2.15. The molecule has 23 heavy (non-hydrogen) atoms. The Kier molecular flexibility index (Phi) is 4.15. The highest BCUT2D eigenvalue weighted by molar-refractivity contribution is 6.04. The lowest BCUT2D eigenvalue weighted by Crippen LogP contribution is -2.12. The van der Waals surface area contributed by atoms with Crippen molar-refractivity contribution >= 4 is 11.6 Å². The van der Waals surface area contributed by atoms with E-state index in [9.17, 15) is 4.79 Å². The molecule has 0 saturated carbocycles. The molecule has 0 bridgehead atoms. The number of benzene rings is 2. The number of aryl methyl sites for hydroxylation is 2. The van der Waals surface area contributed by atoms with E-state index in [-0.39, 0.29) is 5.91 Å². The van der Waals surface area contributed by atoms with Gasteiger partial charge in [0.2, 0.25) is 0 Å². The van der Waals surface area contributed by atoms with Gasteiger partial charge in [0.25, 0.3) is 5.91 Å². The summed E-state index contributed by atoms with van der Waals surface area (Å²) in [7, 11) is 0. The molecule has 1 amide bonds. The summed E-state index contributed by atoms with van der Waals surface area (Å²) in [4.78, 5) is 20.8. The lowest BCUT2D eigenvalue weighted by Gasteiger charge is -2.06. The van der Waals surface area contributed by atoms with Crippen molar-refractivity contribution in [3.63, 3.8) is 0 Å². The molecule has 1 N–H and O–H groups in total. The average Bonchev–Trinajstić information content (AvgIpc) is 2.57. The van der Waals surface area contributed by atoms with Gasteiger partial charge in [0, 0.05) is 11.1 Å². The number of hydrogen-bond acceptors (Lipinski definition) is 3. The number of anilines is 1. The number of carbonyl (C=O) groups excluding carboxylic acids is 1. The van der Waals surface area contributed by atoms with Gasteiger partial charge in [-0.15, -0.1) is 0 Å². The molecule has 3 rings (SSSR count). The molecule has 0 aliphatic carbocycles. The van der Waals surface area contributed by atoms with Gasteiger partial charge in [0.1, 0.15) is 0 Å². The second-order valence-electron chi connectivity index (χ2n) is 5.48. The Morgan fingerprint density at radius 3 is 1.91 bits per heavy atom. The summed E-state index contributed by atoms with van der Waals surface area (Å²) in [6.07, 6.45) is 3.24. The SMILES string of the molecule is Cc1ccc(C(=O)Nc2cnc(-c3ccc(C)cc3)nc2)cc1. The number of aromatic nitrogens is 2. The van der Waals surface area contributed by atoms with Gasteiger partial charge in [-0.2, -0.15) is 0 Å². The van der Waals surface area contributed by atoms with Crippen molar-refractivity contribution in [2.24, 2.45) is 0 Å². The van der Waals surface area contributed by atoms with E-state index in [1.807, 2.05) is 50.2 Å². The molecule has 0 saturated heterocycles. The molecule has 1 heterocycles. The first-order chi connectivity index (χ1) is 11.1. The minimum atomic E-state index is -0.170. The summed E-state index contributed by atoms with van der Waals surface area (Å²) in [5.41, 5.74) is 4.44. The largest absolute Gasteiger partial charge is 0.319 e. The zero-order valence-electron chi connectivity index (χ0n) is 13.1. The van der Waals surface area contributed by atoms with Crippen molar-refractivity contribution in [1.82, 2.24) is 9.97 Å². The van der Waals surface area contributed by atoms with E-state index in [0.29, 0.717) is 17.1 Å². The van der Waals surface area contributed by atoms with Gasteiger partial charge in [0.05, 0.1) is 18.1 Å². The van der Waals surface area contributed by atoms with Crippen molar-refractivity contribution in [1.29, 1.82) is 0 Å². The van der Waals surface area contributed by atoms with Crippen LogP contribution < -0.4 is 5.32 Å². The van der Waals surface area contributed by atoms with Crippen molar-refractivity contribution in [2.75, 3.05) is 5.32 Å². The van der Waals surface area contributed by atoms with Gasteiger partial charge in [-0.1, -0.05) is 47.5 Å². The highest BCUT2D eigenvalue weighted by atomic mass is 16.1. The molecule has 0 spiro atoms. The van der Waals surface area contributed by atoms with Crippen LogP contribution in [0.2, 0.25) is 0 Å². The van der Waals surface area contributed by atoms with Gasteiger partial charge in [-0.25, -0.2) is 9.97 Å². The third-order valence-electron chi connectivity index (χ3n) is 3.53. The van der Waals surface area contributed by atoms with Crippen LogP contribution in [0.1, 0.15) is 21.5 Å². The predicted molar refractivity (Wildman–Crippen MR) is 91.3 cm³/mol. The van der Waals surface area contributed by atoms with Crippen LogP contribution >= 0.6 is 0 Å². The van der Waals surface area contributed by atoms with Gasteiger partial charge in [0.15, 0.2) is 5.82 Å². The van der Waals surface area contributed by atoms with Crippen LogP contribution in [-0.4, -0.2) is 15.9 Å². The van der Waals surface area contributed by atoms with Gasteiger partial charge in [-0.3, -0.25) is 4.79 Å². The number of nitrogens with one attached hydrogen (secondary N) is 1. The van der Waals surface area contributed by atoms with E-state index in [0.717, 1.165) is 11.1 Å².